The van der Waals surface area contributed by atoms with E-state index in [0.717, 1.165) is 29.3 Å². The molecule has 0 aliphatic carbocycles. The molecule has 1 aromatic heterocycles. The van der Waals surface area contributed by atoms with Gasteiger partial charge in [-0.2, -0.15) is 11.8 Å². The highest BCUT2D eigenvalue weighted by molar-refractivity contribution is 7.99. The topological polar surface area (TPSA) is 115 Å². The first-order valence-corrected chi connectivity index (χ1v) is 15.2. The number of thiazole rings is 1. The Morgan fingerprint density at radius 1 is 1.13 bits per heavy atom. The quantitative estimate of drug-likeness (QED) is 0.206. The summed E-state index contributed by atoms with van der Waals surface area (Å²) in [5.41, 5.74) is 1.40. The van der Waals surface area contributed by atoms with Crippen molar-refractivity contribution in [3.63, 3.8) is 0 Å². The Morgan fingerprint density at radius 2 is 1.85 bits per heavy atom. The smallest absolute Gasteiger partial charge is 0.410 e. The molecule has 10 heteroatoms. The van der Waals surface area contributed by atoms with Gasteiger partial charge in [0.15, 0.2) is 0 Å². The molecule has 0 aliphatic heterocycles. The van der Waals surface area contributed by atoms with Crippen LogP contribution in [0.1, 0.15) is 58.3 Å². The van der Waals surface area contributed by atoms with Gasteiger partial charge in [0.05, 0.1) is 10.8 Å². The van der Waals surface area contributed by atoms with Crippen LogP contribution in [0.25, 0.3) is 10.2 Å². The molecular formula is C29H41N3O5S2. The molecule has 0 fully saturated rings. The Hall–Kier alpha value is -2.53. The summed E-state index contributed by atoms with van der Waals surface area (Å²) >= 11 is 2.77. The van der Waals surface area contributed by atoms with Gasteiger partial charge in [-0.15, -0.1) is 0 Å². The van der Waals surface area contributed by atoms with Gasteiger partial charge in [-0.25, -0.2) is 4.79 Å². The molecule has 8 nitrogen and oxygen atoms in total. The second kappa shape index (κ2) is 13.7. The molecule has 0 bridgehead atoms. The fourth-order valence-corrected chi connectivity index (χ4v) is 6.02. The Balaban J connectivity index is 1.43. The van der Waals surface area contributed by atoms with Crippen molar-refractivity contribution in [2.45, 2.75) is 58.2 Å². The van der Waals surface area contributed by atoms with Gasteiger partial charge in [-0.05, 0) is 44.6 Å². The molecule has 214 valence electrons. The van der Waals surface area contributed by atoms with Gasteiger partial charge in [0.2, 0.25) is 0 Å². The minimum absolute atomic E-state index is 0.00229. The number of carbonyl (C=O) groups is 1. The lowest BCUT2D eigenvalue weighted by molar-refractivity contribution is 0.0215. The summed E-state index contributed by atoms with van der Waals surface area (Å²) in [4.78, 5) is 28.8. The molecule has 0 aliphatic rings. The van der Waals surface area contributed by atoms with Crippen molar-refractivity contribution >= 4 is 39.4 Å². The Labute approximate surface area is 238 Å². The molecule has 4 N–H and O–H groups in total. The first-order chi connectivity index (χ1) is 18.4. The van der Waals surface area contributed by atoms with Gasteiger partial charge >= 0.3 is 11.0 Å². The molecule has 0 unspecified atom stereocenters. The fourth-order valence-electron chi connectivity index (χ4n) is 4.27. The second-order valence-electron chi connectivity index (χ2n) is 11.2. The summed E-state index contributed by atoms with van der Waals surface area (Å²) in [6.45, 7) is 12.2. The van der Waals surface area contributed by atoms with Crippen LogP contribution < -0.4 is 10.2 Å². The van der Waals surface area contributed by atoms with E-state index in [1.165, 1.54) is 11.6 Å². The lowest BCUT2D eigenvalue weighted by Gasteiger charge is -2.34. The first kappa shape index (κ1) is 31.0. The molecule has 0 radical (unpaired) electrons. The first-order valence-electron chi connectivity index (χ1n) is 13.2. The largest absolute Gasteiger partial charge is 0.506 e. The number of thioether (sulfide) groups is 1. The number of phenols is 1. The van der Waals surface area contributed by atoms with E-state index < -0.39 is 11.7 Å². The number of rotatable bonds is 13. The Bertz CT molecular complexity index is 1270. The number of benzene rings is 2. The predicted octanol–water partition coefficient (Wildman–Crippen LogP) is 5.26. The van der Waals surface area contributed by atoms with Crippen molar-refractivity contribution in [2.75, 3.05) is 37.7 Å². The standard InChI is InChI=1S/C29H41N3O5S2/c1-28(2,3)37-27(36)32(19-29(4,5)20-10-7-6-8-11-20)15-9-16-38-17-14-30-18-23(34)21-12-13-22(33)24-25(21)39-26(35)31-24/h6-8,10-13,23,30,33-34H,9,14-19H2,1-5H3,(H,31,35)/t23-/m0/s1. The van der Waals surface area contributed by atoms with Gasteiger partial charge in [0.25, 0.3) is 0 Å². The minimum atomic E-state index is -0.792. The number of aliphatic hydroxyl groups is 1. The van der Waals surface area contributed by atoms with E-state index in [9.17, 15) is 19.8 Å². The molecule has 0 spiro atoms. The number of aromatic hydroxyl groups is 1. The van der Waals surface area contributed by atoms with Crippen LogP contribution in [0.2, 0.25) is 0 Å². The summed E-state index contributed by atoms with van der Waals surface area (Å²) in [5, 5.41) is 23.8. The number of aromatic amines is 1. The van der Waals surface area contributed by atoms with Crippen LogP contribution in [0.5, 0.6) is 5.75 Å². The SMILES string of the molecule is CC(C)(C)OC(=O)N(CCCSCCNC[C@H](O)c1ccc(O)c2[nH]c(=O)sc12)CC(C)(C)c1ccccc1. The number of fused-ring (bicyclic) bond motifs is 1. The highest BCUT2D eigenvalue weighted by Gasteiger charge is 2.29. The zero-order chi connectivity index (χ0) is 28.6. The average Bonchev–Trinajstić information content (AvgIpc) is 3.26. The molecule has 0 saturated carbocycles. The van der Waals surface area contributed by atoms with E-state index in [1.54, 1.807) is 17.8 Å². The molecule has 0 saturated heterocycles. The highest BCUT2D eigenvalue weighted by atomic mass is 32.2. The Morgan fingerprint density at radius 3 is 2.54 bits per heavy atom. The molecule has 3 aromatic rings. The molecule has 2 aromatic carbocycles. The van der Waals surface area contributed by atoms with Crippen LogP contribution in [-0.4, -0.2) is 69.5 Å². The zero-order valence-corrected chi connectivity index (χ0v) is 25.1. The van der Waals surface area contributed by atoms with Crippen LogP contribution >= 0.6 is 23.1 Å². The maximum Gasteiger partial charge on any atom is 0.410 e. The third-order valence-electron chi connectivity index (χ3n) is 6.22. The summed E-state index contributed by atoms with van der Waals surface area (Å²) in [6.07, 6.45) is -0.238. The molecule has 3 rings (SSSR count). The van der Waals surface area contributed by atoms with E-state index in [1.807, 2.05) is 43.9 Å². The van der Waals surface area contributed by atoms with Crippen LogP contribution in [0.4, 0.5) is 4.79 Å². The monoisotopic (exact) mass is 575 g/mol. The number of aliphatic hydroxyl groups excluding tert-OH is 1. The maximum atomic E-state index is 13.0. The number of ether oxygens (including phenoxy) is 1. The molecule has 39 heavy (non-hydrogen) atoms. The van der Waals surface area contributed by atoms with Crippen LogP contribution in [0, 0.1) is 0 Å². The van der Waals surface area contributed by atoms with E-state index in [-0.39, 0.29) is 22.1 Å². The highest BCUT2D eigenvalue weighted by Crippen LogP contribution is 2.31. The number of phenolic OH excluding ortho intramolecular Hbond substituents is 1. The van der Waals surface area contributed by atoms with Gasteiger partial charge in [0.1, 0.15) is 16.9 Å². The number of hydrogen-bond donors (Lipinski definition) is 4. The van der Waals surface area contributed by atoms with E-state index in [0.29, 0.717) is 42.0 Å². The van der Waals surface area contributed by atoms with E-state index in [2.05, 4.69) is 36.3 Å². The number of nitrogens with one attached hydrogen (secondary N) is 2. The summed E-state index contributed by atoms with van der Waals surface area (Å²) in [6, 6.07) is 13.4. The van der Waals surface area contributed by atoms with Crippen molar-refractivity contribution in [1.82, 2.24) is 15.2 Å². The number of H-pyrrole nitrogens is 1. The normalized spacial score (nSPS) is 13.0. The van der Waals surface area contributed by atoms with E-state index >= 15 is 0 Å². The lowest BCUT2D eigenvalue weighted by Crippen LogP contribution is -2.44. The van der Waals surface area contributed by atoms with Crippen molar-refractivity contribution < 1.29 is 19.7 Å². The number of nitrogens with zero attached hydrogens (tertiary/aromatic N) is 1. The van der Waals surface area contributed by atoms with Gasteiger partial charge < -0.3 is 30.2 Å². The summed E-state index contributed by atoms with van der Waals surface area (Å²) in [5.74, 6) is 1.75. The Kier molecular flexibility index (Phi) is 10.9. The van der Waals surface area contributed by atoms with Crippen molar-refractivity contribution in [1.29, 1.82) is 0 Å². The summed E-state index contributed by atoms with van der Waals surface area (Å²) < 4.78 is 6.28. The van der Waals surface area contributed by atoms with Crippen LogP contribution in [-0.2, 0) is 10.2 Å². The van der Waals surface area contributed by atoms with Crippen molar-refractivity contribution in [2.24, 2.45) is 0 Å². The third-order valence-corrected chi connectivity index (χ3v) is 8.22. The number of carbonyl (C=O) groups excluding carboxylic acids is 1. The molecule has 1 heterocycles. The van der Waals surface area contributed by atoms with Crippen molar-refractivity contribution in [3.05, 3.63) is 63.3 Å². The van der Waals surface area contributed by atoms with E-state index in [4.69, 9.17) is 4.74 Å². The molecular weight excluding hydrogens is 534 g/mol. The van der Waals surface area contributed by atoms with Gasteiger partial charge in [-0.3, -0.25) is 4.79 Å². The number of hydrogen-bond acceptors (Lipinski definition) is 8. The van der Waals surface area contributed by atoms with Crippen LogP contribution in [0.15, 0.2) is 47.3 Å². The zero-order valence-electron chi connectivity index (χ0n) is 23.5. The number of amides is 1. The lowest BCUT2D eigenvalue weighted by atomic mass is 9.84. The van der Waals surface area contributed by atoms with Crippen molar-refractivity contribution in [3.8, 4) is 5.75 Å². The third kappa shape index (κ3) is 9.27. The van der Waals surface area contributed by atoms with Gasteiger partial charge in [0, 0.05) is 42.9 Å². The average molecular weight is 576 g/mol. The fraction of sp³-hybridized carbons (Fsp3) is 0.517. The van der Waals surface area contributed by atoms with Crippen LogP contribution in [0.3, 0.4) is 0 Å². The molecule has 1 atom stereocenters. The molecule has 1 amide bonds. The maximum absolute atomic E-state index is 13.0. The summed E-state index contributed by atoms with van der Waals surface area (Å²) in [7, 11) is 0. The number of aromatic nitrogens is 1. The second-order valence-corrected chi connectivity index (χ2v) is 13.4. The van der Waals surface area contributed by atoms with Gasteiger partial charge in [-0.1, -0.05) is 61.6 Å². The minimum Gasteiger partial charge on any atom is -0.506 e. The predicted molar refractivity (Wildman–Crippen MR) is 161 cm³/mol.